The molecule has 2 rings (SSSR count). The number of rotatable bonds is 2. The van der Waals surface area contributed by atoms with Gasteiger partial charge in [-0.15, -0.1) is 0 Å². The molecule has 0 amide bonds. The highest BCUT2D eigenvalue weighted by atomic mass is 35.5. The molecule has 0 bridgehead atoms. The van der Waals surface area contributed by atoms with Gasteiger partial charge in [-0.2, -0.15) is 0 Å². The van der Waals surface area contributed by atoms with Crippen LogP contribution in [0.2, 0.25) is 5.02 Å². The van der Waals surface area contributed by atoms with E-state index in [2.05, 4.69) is 30.1 Å². The Bertz CT molecular complexity index is 352. The van der Waals surface area contributed by atoms with Gasteiger partial charge in [0.15, 0.2) is 0 Å². The Balaban J connectivity index is 2.13. The summed E-state index contributed by atoms with van der Waals surface area (Å²) in [5, 5.41) is 4.41. The van der Waals surface area contributed by atoms with Crippen molar-refractivity contribution in [1.82, 2.24) is 5.32 Å². The van der Waals surface area contributed by atoms with E-state index < -0.39 is 0 Å². The standard InChI is InChI=1S/C13H19ClN2/c1-10(2)12-9-16(8-7-15-12)13-6-4-3-5-11(13)14/h3-6,10,12,15H,7-9H2,1-2H3. The van der Waals surface area contributed by atoms with Gasteiger partial charge in [0.2, 0.25) is 0 Å². The van der Waals surface area contributed by atoms with Gasteiger partial charge in [0.25, 0.3) is 0 Å². The first kappa shape index (κ1) is 11.7. The van der Waals surface area contributed by atoms with Gasteiger partial charge in [0.05, 0.1) is 10.7 Å². The summed E-state index contributed by atoms with van der Waals surface area (Å²) in [5.74, 6) is 0.658. The third kappa shape index (κ3) is 2.50. The maximum absolute atomic E-state index is 6.22. The second kappa shape index (κ2) is 5.07. The van der Waals surface area contributed by atoms with Crippen LogP contribution in [0.4, 0.5) is 5.69 Å². The predicted octanol–water partition coefficient (Wildman–Crippen LogP) is 2.77. The third-order valence-corrected chi connectivity index (χ3v) is 3.52. The smallest absolute Gasteiger partial charge is 0.0639 e. The Morgan fingerprint density at radius 2 is 2.12 bits per heavy atom. The minimum atomic E-state index is 0.560. The maximum Gasteiger partial charge on any atom is 0.0639 e. The molecule has 0 radical (unpaired) electrons. The van der Waals surface area contributed by atoms with Crippen LogP contribution in [-0.2, 0) is 0 Å². The van der Waals surface area contributed by atoms with Gasteiger partial charge < -0.3 is 10.2 Å². The van der Waals surface area contributed by atoms with Gasteiger partial charge in [0.1, 0.15) is 0 Å². The quantitative estimate of drug-likeness (QED) is 0.853. The number of hydrogen-bond acceptors (Lipinski definition) is 2. The topological polar surface area (TPSA) is 15.3 Å². The zero-order valence-electron chi connectivity index (χ0n) is 9.91. The lowest BCUT2D eigenvalue weighted by molar-refractivity contribution is 0.368. The average Bonchev–Trinajstić information content (AvgIpc) is 2.30. The van der Waals surface area contributed by atoms with Crippen molar-refractivity contribution >= 4 is 17.3 Å². The molecule has 0 spiro atoms. The SMILES string of the molecule is CC(C)C1CN(c2ccccc2Cl)CCN1. The van der Waals surface area contributed by atoms with Crippen molar-refractivity contribution in [3.63, 3.8) is 0 Å². The molecular formula is C13H19ClN2. The summed E-state index contributed by atoms with van der Waals surface area (Å²) in [6, 6.07) is 8.65. The first-order valence-electron chi connectivity index (χ1n) is 5.91. The first-order chi connectivity index (χ1) is 7.68. The molecule has 1 aromatic carbocycles. The van der Waals surface area contributed by atoms with Crippen molar-refractivity contribution in [2.75, 3.05) is 24.5 Å². The zero-order valence-corrected chi connectivity index (χ0v) is 10.7. The molecule has 0 aromatic heterocycles. The molecular weight excluding hydrogens is 220 g/mol. The second-order valence-corrected chi connectivity index (χ2v) is 5.11. The summed E-state index contributed by atoms with van der Waals surface area (Å²) in [7, 11) is 0. The molecule has 3 heteroatoms. The zero-order chi connectivity index (χ0) is 11.5. The molecule has 1 heterocycles. The van der Waals surface area contributed by atoms with Crippen molar-refractivity contribution in [3.05, 3.63) is 29.3 Å². The van der Waals surface area contributed by atoms with Crippen LogP contribution < -0.4 is 10.2 Å². The Morgan fingerprint density at radius 3 is 2.81 bits per heavy atom. The first-order valence-corrected chi connectivity index (χ1v) is 6.29. The van der Waals surface area contributed by atoms with Crippen molar-refractivity contribution in [3.8, 4) is 0 Å². The summed E-state index contributed by atoms with van der Waals surface area (Å²) in [6.07, 6.45) is 0. The van der Waals surface area contributed by atoms with Crippen LogP contribution in [0.15, 0.2) is 24.3 Å². The minimum absolute atomic E-state index is 0.560. The molecule has 1 saturated heterocycles. The predicted molar refractivity (Wildman–Crippen MR) is 70.3 cm³/mol. The van der Waals surface area contributed by atoms with E-state index in [9.17, 15) is 0 Å². The second-order valence-electron chi connectivity index (χ2n) is 4.70. The van der Waals surface area contributed by atoms with E-state index in [0.29, 0.717) is 12.0 Å². The largest absolute Gasteiger partial charge is 0.367 e. The highest BCUT2D eigenvalue weighted by Crippen LogP contribution is 2.26. The molecule has 1 aromatic rings. The fraction of sp³-hybridized carbons (Fsp3) is 0.538. The molecule has 0 saturated carbocycles. The molecule has 16 heavy (non-hydrogen) atoms. The summed E-state index contributed by atoms with van der Waals surface area (Å²) in [6.45, 7) is 7.63. The van der Waals surface area contributed by atoms with Crippen LogP contribution in [0.1, 0.15) is 13.8 Å². The van der Waals surface area contributed by atoms with Crippen LogP contribution in [0.3, 0.4) is 0 Å². The highest BCUT2D eigenvalue weighted by Gasteiger charge is 2.22. The number of halogens is 1. The Hall–Kier alpha value is -0.730. The molecule has 1 aliphatic heterocycles. The van der Waals surface area contributed by atoms with Crippen LogP contribution in [0.5, 0.6) is 0 Å². The molecule has 2 nitrogen and oxygen atoms in total. The van der Waals surface area contributed by atoms with Gasteiger partial charge in [-0.05, 0) is 18.1 Å². The van der Waals surface area contributed by atoms with E-state index in [1.54, 1.807) is 0 Å². The molecule has 0 aliphatic carbocycles. The minimum Gasteiger partial charge on any atom is -0.367 e. The van der Waals surface area contributed by atoms with E-state index in [1.165, 1.54) is 0 Å². The van der Waals surface area contributed by atoms with E-state index in [4.69, 9.17) is 11.6 Å². The summed E-state index contributed by atoms with van der Waals surface area (Å²) < 4.78 is 0. The van der Waals surface area contributed by atoms with Crippen LogP contribution >= 0.6 is 11.6 Å². The maximum atomic E-state index is 6.22. The van der Waals surface area contributed by atoms with Gasteiger partial charge in [-0.1, -0.05) is 37.6 Å². The van der Waals surface area contributed by atoms with Crippen molar-refractivity contribution in [1.29, 1.82) is 0 Å². The number of benzene rings is 1. The monoisotopic (exact) mass is 238 g/mol. The van der Waals surface area contributed by atoms with E-state index >= 15 is 0 Å². The lowest BCUT2D eigenvalue weighted by atomic mass is 10.0. The number of hydrogen-bond donors (Lipinski definition) is 1. The molecule has 1 N–H and O–H groups in total. The Kier molecular flexibility index (Phi) is 3.72. The Morgan fingerprint density at radius 1 is 1.38 bits per heavy atom. The molecule has 1 fully saturated rings. The number of piperazine rings is 1. The Labute approximate surface area is 103 Å². The normalized spacial score (nSPS) is 21.5. The lowest BCUT2D eigenvalue weighted by Gasteiger charge is -2.37. The van der Waals surface area contributed by atoms with Gasteiger partial charge in [0, 0.05) is 25.7 Å². The van der Waals surface area contributed by atoms with Crippen LogP contribution in [0.25, 0.3) is 0 Å². The number of nitrogens with one attached hydrogen (secondary N) is 1. The van der Waals surface area contributed by atoms with Gasteiger partial charge in [-0.3, -0.25) is 0 Å². The fourth-order valence-electron chi connectivity index (χ4n) is 2.15. The van der Waals surface area contributed by atoms with Crippen LogP contribution in [-0.4, -0.2) is 25.7 Å². The summed E-state index contributed by atoms with van der Waals surface area (Å²) in [4.78, 5) is 2.38. The highest BCUT2D eigenvalue weighted by molar-refractivity contribution is 6.33. The van der Waals surface area contributed by atoms with Gasteiger partial charge >= 0.3 is 0 Å². The number of anilines is 1. The summed E-state index contributed by atoms with van der Waals surface area (Å²) in [5.41, 5.74) is 1.16. The van der Waals surface area contributed by atoms with Crippen molar-refractivity contribution in [2.45, 2.75) is 19.9 Å². The number of nitrogens with zero attached hydrogens (tertiary/aromatic N) is 1. The third-order valence-electron chi connectivity index (χ3n) is 3.20. The van der Waals surface area contributed by atoms with Crippen LogP contribution in [0, 0.1) is 5.92 Å². The molecule has 88 valence electrons. The average molecular weight is 239 g/mol. The lowest BCUT2D eigenvalue weighted by Crippen LogP contribution is -2.53. The fourth-order valence-corrected chi connectivity index (χ4v) is 2.41. The van der Waals surface area contributed by atoms with Crippen molar-refractivity contribution < 1.29 is 0 Å². The molecule has 1 aliphatic rings. The van der Waals surface area contributed by atoms with Crippen molar-refractivity contribution in [2.24, 2.45) is 5.92 Å². The van der Waals surface area contributed by atoms with E-state index in [0.717, 1.165) is 30.3 Å². The van der Waals surface area contributed by atoms with E-state index in [-0.39, 0.29) is 0 Å². The number of para-hydroxylation sites is 1. The van der Waals surface area contributed by atoms with Gasteiger partial charge in [-0.25, -0.2) is 0 Å². The molecule has 1 unspecified atom stereocenters. The summed E-state index contributed by atoms with van der Waals surface area (Å²) >= 11 is 6.22. The molecule has 1 atom stereocenters. The van der Waals surface area contributed by atoms with E-state index in [1.807, 2.05) is 18.2 Å².